The van der Waals surface area contributed by atoms with E-state index in [1.54, 1.807) is 25.0 Å². The molecule has 0 aliphatic carbocycles. The van der Waals surface area contributed by atoms with E-state index in [9.17, 15) is 9.59 Å². The zero-order chi connectivity index (χ0) is 24.9. The number of rotatable bonds is 9. The van der Waals surface area contributed by atoms with E-state index in [1.807, 2.05) is 43.5 Å². The van der Waals surface area contributed by atoms with Crippen molar-refractivity contribution in [2.75, 3.05) is 20.8 Å². The van der Waals surface area contributed by atoms with E-state index in [2.05, 4.69) is 20.5 Å². The van der Waals surface area contributed by atoms with Gasteiger partial charge in [0.1, 0.15) is 11.6 Å². The number of benzene rings is 1. The molecule has 1 N–H and O–H groups in total. The highest BCUT2D eigenvalue weighted by Gasteiger charge is 2.12. The fraction of sp³-hybridized carbons (Fsp3) is 0.292. The second-order valence-electron chi connectivity index (χ2n) is 7.84. The summed E-state index contributed by atoms with van der Waals surface area (Å²) in [5, 5.41) is 14.3. The first-order valence-corrected chi connectivity index (χ1v) is 11.8. The van der Waals surface area contributed by atoms with Crippen molar-refractivity contribution < 1.29 is 14.3 Å². The molecular weight excluding hydrogens is 468 g/mol. The van der Waals surface area contributed by atoms with Gasteiger partial charge in [0, 0.05) is 35.7 Å². The zero-order valence-electron chi connectivity index (χ0n) is 19.9. The van der Waals surface area contributed by atoms with Gasteiger partial charge in [0.25, 0.3) is 5.56 Å². The molecule has 0 unspecified atom stereocenters. The maximum atomic E-state index is 12.5. The number of nitrogens with zero attached hydrogens (tertiary/aromatic N) is 5. The summed E-state index contributed by atoms with van der Waals surface area (Å²) in [7, 11) is 3.19. The second-order valence-corrected chi connectivity index (χ2v) is 8.70. The van der Waals surface area contributed by atoms with Gasteiger partial charge in [-0.2, -0.15) is 5.10 Å². The molecule has 0 aliphatic heterocycles. The number of carbonyl (C=O) groups excluding carboxylic acids is 1. The summed E-state index contributed by atoms with van der Waals surface area (Å²) in [5.74, 6) is 1.47. The highest BCUT2D eigenvalue weighted by Crippen LogP contribution is 2.33. The first-order chi connectivity index (χ1) is 16.9. The first-order valence-electron chi connectivity index (χ1n) is 10.9. The minimum Gasteiger partial charge on any atom is -0.493 e. The van der Waals surface area contributed by atoms with Crippen LogP contribution >= 0.6 is 11.3 Å². The molecule has 35 heavy (non-hydrogen) atoms. The summed E-state index contributed by atoms with van der Waals surface area (Å²) >= 11 is 1.52. The highest BCUT2D eigenvalue weighted by atomic mass is 32.1. The van der Waals surface area contributed by atoms with E-state index in [0.29, 0.717) is 30.3 Å². The number of nitrogens with one attached hydrogen (secondary N) is 1. The van der Waals surface area contributed by atoms with Crippen LogP contribution < -0.4 is 20.3 Å². The van der Waals surface area contributed by atoms with Gasteiger partial charge in [-0.3, -0.25) is 9.59 Å². The molecule has 3 aromatic heterocycles. The lowest BCUT2D eigenvalue weighted by Crippen LogP contribution is -2.34. The van der Waals surface area contributed by atoms with E-state index in [1.165, 1.54) is 17.4 Å². The topological polar surface area (TPSA) is 113 Å². The number of amides is 1. The number of aromatic nitrogens is 5. The van der Waals surface area contributed by atoms with Gasteiger partial charge in [-0.25, -0.2) is 14.3 Å². The lowest BCUT2D eigenvalue weighted by molar-refractivity contribution is -0.121. The van der Waals surface area contributed by atoms with E-state index in [4.69, 9.17) is 9.47 Å². The van der Waals surface area contributed by atoms with Crippen molar-refractivity contribution in [2.24, 2.45) is 0 Å². The number of ether oxygens (including phenoxy) is 2. The first kappa shape index (κ1) is 24.1. The number of hydrogen-bond donors (Lipinski definition) is 1. The summed E-state index contributed by atoms with van der Waals surface area (Å²) in [4.78, 5) is 29.3. The molecule has 0 atom stereocenters. The molecule has 10 nitrogen and oxygen atoms in total. The normalized spacial score (nSPS) is 10.9. The van der Waals surface area contributed by atoms with Crippen LogP contribution in [0.3, 0.4) is 0 Å². The maximum absolute atomic E-state index is 12.5. The fourth-order valence-corrected chi connectivity index (χ4v) is 4.42. The quantitative estimate of drug-likeness (QED) is 0.380. The summed E-state index contributed by atoms with van der Waals surface area (Å²) < 4.78 is 13.4. The third-order valence-corrected chi connectivity index (χ3v) is 6.20. The van der Waals surface area contributed by atoms with Crippen molar-refractivity contribution >= 4 is 17.2 Å². The van der Waals surface area contributed by atoms with Crippen LogP contribution in [0.1, 0.15) is 17.1 Å². The standard InChI is InChI=1S/C24H26N6O4S/c1-15-11-16(2)30(27-15)21-7-8-23(32)29(28-21)13-22(31)25-10-9-18-14-35-24(26-18)17-5-6-19(33-3)20(12-17)34-4/h5-8,11-12,14H,9-10,13H2,1-4H3,(H,25,31). The lowest BCUT2D eigenvalue weighted by Gasteiger charge is -2.09. The molecule has 0 aliphatic rings. The molecule has 0 saturated carbocycles. The van der Waals surface area contributed by atoms with E-state index in [0.717, 1.165) is 32.3 Å². The molecule has 11 heteroatoms. The van der Waals surface area contributed by atoms with Gasteiger partial charge in [-0.05, 0) is 44.2 Å². The van der Waals surface area contributed by atoms with Crippen LogP contribution in [0.2, 0.25) is 0 Å². The van der Waals surface area contributed by atoms with E-state index in [-0.39, 0.29) is 18.0 Å². The Kier molecular flexibility index (Phi) is 7.25. The SMILES string of the molecule is COc1ccc(-c2nc(CCNC(=O)Cn3nc(-n4nc(C)cc4C)ccc3=O)cs2)cc1OC. The van der Waals surface area contributed by atoms with Gasteiger partial charge in [0.15, 0.2) is 17.3 Å². The van der Waals surface area contributed by atoms with E-state index >= 15 is 0 Å². The molecule has 0 saturated heterocycles. The van der Waals surface area contributed by atoms with Crippen molar-refractivity contribution in [3.05, 3.63) is 69.2 Å². The molecule has 1 amide bonds. The Bertz CT molecular complexity index is 1410. The van der Waals surface area contributed by atoms with Crippen LogP contribution in [0.15, 0.2) is 46.6 Å². The minimum atomic E-state index is -0.357. The van der Waals surface area contributed by atoms with Crippen molar-refractivity contribution in [1.82, 2.24) is 29.9 Å². The van der Waals surface area contributed by atoms with Crippen LogP contribution in [0, 0.1) is 13.8 Å². The van der Waals surface area contributed by atoms with Crippen LogP contribution in [0.4, 0.5) is 0 Å². The molecule has 0 spiro atoms. The summed E-state index contributed by atoms with van der Waals surface area (Å²) in [6, 6.07) is 10.5. The smallest absolute Gasteiger partial charge is 0.267 e. The van der Waals surface area contributed by atoms with Crippen LogP contribution in [-0.4, -0.2) is 51.2 Å². The minimum absolute atomic E-state index is 0.181. The molecular formula is C24H26N6O4S. The molecule has 0 radical (unpaired) electrons. The monoisotopic (exact) mass is 494 g/mol. The molecule has 3 heterocycles. The summed E-state index contributed by atoms with van der Waals surface area (Å²) in [6.45, 7) is 3.99. The maximum Gasteiger partial charge on any atom is 0.267 e. The second kappa shape index (κ2) is 10.5. The summed E-state index contributed by atoms with van der Waals surface area (Å²) in [6.07, 6.45) is 0.559. The molecule has 0 bridgehead atoms. The van der Waals surface area contributed by atoms with Crippen molar-refractivity contribution in [1.29, 1.82) is 0 Å². The summed E-state index contributed by atoms with van der Waals surface area (Å²) in [5.41, 5.74) is 3.17. The third-order valence-electron chi connectivity index (χ3n) is 5.26. The predicted molar refractivity (Wildman–Crippen MR) is 132 cm³/mol. The fourth-order valence-electron chi connectivity index (χ4n) is 3.57. The van der Waals surface area contributed by atoms with Gasteiger partial charge >= 0.3 is 0 Å². The number of aryl methyl sites for hydroxylation is 2. The molecule has 1 aromatic carbocycles. The molecule has 4 rings (SSSR count). The van der Waals surface area contributed by atoms with Crippen molar-refractivity contribution in [2.45, 2.75) is 26.8 Å². The van der Waals surface area contributed by atoms with Gasteiger partial charge in [0.2, 0.25) is 5.91 Å². The van der Waals surface area contributed by atoms with Crippen LogP contribution in [-0.2, 0) is 17.8 Å². The lowest BCUT2D eigenvalue weighted by atomic mass is 10.2. The largest absolute Gasteiger partial charge is 0.493 e. The number of thiazole rings is 1. The van der Waals surface area contributed by atoms with Crippen LogP contribution in [0.5, 0.6) is 11.5 Å². The Balaban J connectivity index is 1.35. The average Bonchev–Trinajstić information content (AvgIpc) is 3.45. The number of methoxy groups -OCH3 is 2. The zero-order valence-corrected chi connectivity index (χ0v) is 20.8. The van der Waals surface area contributed by atoms with Crippen LogP contribution in [0.25, 0.3) is 16.4 Å². The highest BCUT2D eigenvalue weighted by molar-refractivity contribution is 7.13. The molecule has 182 valence electrons. The van der Waals surface area contributed by atoms with Crippen molar-refractivity contribution in [3.8, 4) is 27.9 Å². The molecule has 0 fully saturated rings. The predicted octanol–water partition coefficient (Wildman–Crippen LogP) is 2.55. The van der Waals surface area contributed by atoms with Crippen molar-refractivity contribution in [3.63, 3.8) is 0 Å². The Hall–Kier alpha value is -3.99. The third kappa shape index (κ3) is 5.57. The Labute approximate surface area is 206 Å². The van der Waals surface area contributed by atoms with Gasteiger partial charge in [-0.1, -0.05) is 0 Å². The average molecular weight is 495 g/mol. The number of hydrogen-bond acceptors (Lipinski definition) is 8. The Morgan fingerprint density at radius 3 is 2.57 bits per heavy atom. The van der Waals surface area contributed by atoms with E-state index < -0.39 is 0 Å². The van der Waals surface area contributed by atoms with Gasteiger partial charge < -0.3 is 14.8 Å². The number of carbonyl (C=O) groups is 1. The molecule has 4 aromatic rings. The Morgan fingerprint density at radius 1 is 1.06 bits per heavy atom. The Morgan fingerprint density at radius 2 is 1.86 bits per heavy atom. The van der Waals surface area contributed by atoms with Gasteiger partial charge in [-0.15, -0.1) is 16.4 Å². The van der Waals surface area contributed by atoms with Gasteiger partial charge in [0.05, 0.1) is 25.6 Å².